The number of hydrogen-bond donors (Lipinski definition) is 1. The summed E-state index contributed by atoms with van der Waals surface area (Å²) < 4.78 is 1.83. The van der Waals surface area contributed by atoms with E-state index >= 15 is 0 Å². The fourth-order valence-electron chi connectivity index (χ4n) is 4.55. The average molecular weight is 449 g/mol. The molecule has 2 heterocycles. The highest BCUT2D eigenvalue weighted by atomic mass is 32.1. The Morgan fingerprint density at radius 3 is 2.75 bits per heavy atom. The number of nitrogens with one attached hydrogen (secondary N) is 1. The minimum atomic E-state index is -0.240. The van der Waals surface area contributed by atoms with Crippen LogP contribution in [0.2, 0.25) is 0 Å². The quantitative estimate of drug-likeness (QED) is 0.473. The first-order valence-electron chi connectivity index (χ1n) is 11.4. The van der Waals surface area contributed by atoms with E-state index < -0.39 is 0 Å². The molecule has 0 bridgehead atoms. The number of hydrogen-bond acceptors (Lipinski definition) is 4. The molecule has 2 aromatic heterocycles. The lowest BCUT2D eigenvalue weighted by atomic mass is 9.93. The van der Waals surface area contributed by atoms with Gasteiger partial charge in [-0.1, -0.05) is 56.2 Å². The largest absolute Gasteiger partial charge is 0.384 e. The summed E-state index contributed by atoms with van der Waals surface area (Å²) in [6.07, 6.45) is 11.4. The Morgan fingerprint density at radius 2 is 2.06 bits per heavy atom. The summed E-state index contributed by atoms with van der Waals surface area (Å²) in [6.45, 7) is 7.39. The van der Waals surface area contributed by atoms with Gasteiger partial charge in [0, 0.05) is 29.0 Å². The fourth-order valence-corrected chi connectivity index (χ4v) is 5.25. The Kier molecular flexibility index (Phi) is 7.43. The van der Waals surface area contributed by atoms with Gasteiger partial charge in [0.2, 0.25) is 5.91 Å². The van der Waals surface area contributed by atoms with Crippen molar-refractivity contribution in [1.82, 2.24) is 19.8 Å². The van der Waals surface area contributed by atoms with Crippen molar-refractivity contribution in [2.24, 2.45) is 0 Å². The van der Waals surface area contributed by atoms with Gasteiger partial charge in [-0.2, -0.15) is 0 Å². The summed E-state index contributed by atoms with van der Waals surface area (Å²) >= 11 is 1.68. The number of thiophene rings is 1. The number of carbonyl (C=O) groups excluding carboxylic acids is 1. The van der Waals surface area contributed by atoms with Crippen molar-refractivity contribution in [1.29, 1.82) is 0 Å². The Hall–Kier alpha value is -2.86. The Bertz CT molecular complexity index is 1010. The van der Waals surface area contributed by atoms with Crippen molar-refractivity contribution >= 4 is 17.2 Å². The fraction of sp³-hybridized carbons (Fsp3) is 0.385. The zero-order valence-corrected chi connectivity index (χ0v) is 19.6. The van der Waals surface area contributed by atoms with Gasteiger partial charge in [0.05, 0.1) is 18.9 Å². The molecular weight excluding hydrogens is 416 g/mol. The molecule has 6 heteroatoms. The smallest absolute Gasteiger partial charge is 0.243 e. The van der Waals surface area contributed by atoms with Crippen LogP contribution in [-0.2, 0) is 17.9 Å². The molecule has 1 unspecified atom stereocenters. The summed E-state index contributed by atoms with van der Waals surface area (Å²) in [6, 6.07) is 12.6. The van der Waals surface area contributed by atoms with Gasteiger partial charge in [-0.25, -0.2) is 4.98 Å². The summed E-state index contributed by atoms with van der Waals surface area (Å²) in [7, 11) is 0. The number of imidazole rings is 1. The molecule has 0 spiro atoms. The van der Waals surface area contributed by atoms with Gasteiger partial charge in [0.15, 0.2) is 0 Å². The van der Waals surface area contributed by atoms with Crippen LogP contribution in [0.5, 0.6) is 0 Å². The maximum Gasteiger partial charge on any atom is 0.243 e. The molecule has 1 aliphatic rings. The lowest BCUT2D eigenvalue weighted by molar-refractivity contribution is -0.134. The van der Waals surface area contributed by atoms with Gasteiger partial charge in [-0.15, -0.1) is 11.3 Å². The summed E-state index contributed by atoms with van der Waals surface area (Å²) in [5, 5.41) is 5.78. The Morgan fingerprint density at radius 1 is 1.25 bits per heavy atom. The molecule has 1 fully saturated rings. The zero-order valence-electron chi connectivity index (χ0n) is 18.7. The summed E-state index contributed by atoms with van der Waals surface area (Å²) in [4.78, 5) is 20.9. The number of carbonyl (C=O) groups is 1. The Labute approximate surface area is 194 Å². The Balaban J connectivity index is 1.68. The molecule has 1 atom stereocenters. The van der Waals surface area contributed by atoms with Crippen molar-refractivity contribution in [3.63, 3.8) is 0 Å². The zero-order chi connectivity index (χ0) is 22.3. The van der Waals surface area contributed by atoms with Crippen LogP contribution in [0.25, 0.3) is 0 Å². The molecular formula is C26H32N4OS. The monoisotopic (exact) mass is 448 g/mol. The van der Waals surface area contributed by atoms with Crippen LogP contribution in [0.15, 0.2) is 72.8 Å². The van der Waals surface area contributed by atoms with Gasteiger partial charge >= 0.3 is 0 Å². The molecule has 5 nitrogen and oxygen atoms in total. The van der Waals surface area contributed by atoms with Crippen LogP contribution in [-0.4, -0.2) is 26.4 Å². The number of nitrogens with zero attached hydrogens (tertiary/aromatic N) is 3. The van der Waals surface area contributed by atoms with Crippen molar-refractivity contribution < 1.29 is 4.79 Å². The molecule has 1 aromatic carbocycles. The van der Waals surface area contributed by atoms with E-state index in [0.717, 1.165) is 34.5 Å². The molecule has 168 valence electrons. The van der Waals surface area contributed by atoms with E-state index in [2.05, 4.69) is 47.4 Å². The third-order valence-corrected chi connectivity index (χ3v) is 7.08. The number of benzene rings is 1. The highest BCUT2D eigenvalue weighted by Gasteiger charge is 2.30. The number of aromatic nitrogens is 2. The predicted molar refractivity (Wildman–Crippen MR) is 130 cm³/mol. The van der Waals surface area contributed by atoms with Crippen molar-refractivity contribution in [2.45, 2.75) is 64.2 Å². The molecule has 0 radical (unpaired) electrons. The number of amides is 1. The van der Waals surface area contributed by atoms with E-state index in [0.29, 0.717) is 12.6 Å². The molecule has 0 saturated heterocycles. The number of rotatable bonds is 9. The maximum absolute atomic E-state index is 13.7. The van der Waals surface area contributed by atoms with E-state index in [-0.39, 0.29) is 18.5 Å². The van der Waals surface area contributed by atoms with Crippen LogP contribution >= 0.6 is 11.3 Å². The minimum absolute atomic E-state index is 0.0521. The topological polar surface area (TPSA) is 50.2 Å². The number of aryl methyl sites for hydroxylation is 1. The molecule has 1 aliphatic carbocycles. The van der Waals surface area contributed by atoms with Crippen LogP contribution < -0.4 is 5.32 Å². The average Bonchev–Trinajstić information content (AvgIpc) is 3.49. The van der Waals surface area contributed by atoms with Gasteiger partial charge in [0.25, 0.3) is 0 Å². The van der Waals surface area contributed by atoms with E-state index in [1.165, 1.54) is 19.3 Å². The first kappa shape index (κ1) is 22.3. The summed E-state index contributed by atoms with van der Waals surface area (Å²) in [5.74, 6) is 0.0521. The van der Waals surface area contributed by atoms with Crippen LogP contribution in [0.4, 0.5) is 0 Å². The van der Waals surface area contributed by atoms with E-state index in [9.17, 15) is 4.79 Å². The first-order valence-corrected chi connectivity index (χ1v) is 12.3. The molecule has 1 saturated carbocycles. The molecule has 4 rings (SSSR count). The van der Waals surface area contributed by atoms with Gasteiger partial charge in [0.1, 0.15) is 6.54 Å². The second-order valence-electron chi connectivity index (χ2n) is 8.60. The van der Waals surface area contributed by atoms with Crippen molar-refractivity contribution in [3.8, 4) is 0 Å². The van der Waals surface area contributed by atoms with Crippen molar-refractivity contribution in [3.05, 3.63) is 88.8 Å². The highest BCUT2D eigenvalue weighted by molar-refractivity contribution is 7.09. The first-order chi connectivity index (χ1) is 15.6. The van der Waals surface area contributed by atoms with E-state index in [1.807, 2.05) is 33.9 Å². The molecule has 3 aromatic rings. The molecule has 32 heavy (non-hydrogen) atoms. The van der Waals surface area contributed by atoms with Crippen LogP contribution in [0.3, 0.4) is 0 Å². The second-order valence-corrected chi connectivity index (χ2v) is 9.63. The highest BCUT2D eigenvalue weighted by Crippen LogP contribution is 2.32. The second kappa shape index (κ2) is 10.6. The minimum Gasteiger partial charge on any atom is -0.384 e. The lowest BCUT2D eigenvalue weighted by Crippen LogP contribution is -2.42. The summed E-state index contributed by atoms with van der Waals surface area (Å²) in [5.41, 5.74) is 3.19. The molecule has 0 aliphatic heterocycles. The van der Waals surface area contributed by atoms with E-state index in [1.54, 1.807) is 23.9 Å². The van der Waals surface area contributed by atoms with Crippen LogP contribution in [0, 0.1) is 6.92 Å². The normalized spacial score (nSPS) is 15.3. The van der Waals surface area contributed by atoms with Crippen LogP contribution in [0.1, 0.15) is 54.1 Å². The maximum atomic E-state index is 13.7. The standard InChI is InChI=1S/C26H32N4OS/c1-20-9-6-7-13-24(20)26(21(2)28-22-10-4-3-5-11-22)30(17-23-12-8-16-32-23)25(31)18-29-15-14-27-19-29/h6-9,12-16,19,22,26,28H,2-5,10-11,17-18H2,1H3. The van der Waals surface area contributed by atoms with Gasteiger partial charge in [-0.3, -0.25) is 4.79 Å². The lowest BCUT2D eigenvalue weighted by Gasteiger charge is -2.37. The van der Waals surface area contributed by atoms with Crippen molar-refractivity contribution in [2.75, 3.05) is 0 Å². The van der Waals surface area contributed by atoms with E-state index in [4.69, 9.17) is 0 Å². The molecule has 1 amide bonds. The SMILES string of the molecule is C=C(NC1CCCCC1)C(c1ccccc1C)N(Cc1cccs1)C(=O)Cn1ccnc1. The predicted octanol–water partition coefficient (Wildman–Crippen LogP) is 5.46. The molecule has 1 N–H and O–H groups in total. The third kappa shape index (κ3) is 5.49. The third-order valence-electron chi connectivity index (χ3n) is 6.22. The van der Waals surface area contributed by atoms with Gasteiger partial charge in [-0.05, 0) is 42.3 Å². The van der Waals surface area contributed by atoms with Gasteiger partial charge < -0.3 is 14.8 Å².